The van der Waals surface area contributed by atoms with Crippen LogP contribution < -0.4 is 5.32 Å². The van der Waals surface area contributed by atoms with E-state index in [2.05, 4.69) is 5.32 Å². The second-order valence-electron chi connectivity index (χ2n) is 5.96. The number of carbonyl (C=O) groups is 2. The molecule has 0 saturated carbocycles. The highest BCUT2D eigenvalue weighted by Gasteiger charge is 2.17. The number of halogens is 1. The van der Waals surface area contributed by atoms with Crippen LogP contribution in [0.15, 0.2) is 72.8 Å². The highest BCUT2D eigenvalue weighted by atomic mass is 35.5. The largest absolute Gasteiger partial charge is 0.452 e. The van der Waals surface area contributed by atoms with Gasteiger partial charge in [-0.05, 0) is 17.7 Å². The first-order valence-corrected chi connectivity index (χ1v) is 8.89. The number of amides is 1. The Hall–Kier alpha value is -3.71. The number of hydrogen-bond acceptors (Lipinski definition) is 5. The Morgan fingerprint density at radius 1 is 1.00 bits per heavy atom. The Morgan fingerprint density at radius 2 is 1.69 bits per heavy atom. The van der Waals surface area contributed by atoms with Gasteiger partial charge in [-0.2, -0.15) is 0 Å². The molecule has 0 heterocycles. The van der Waals surface area contributed by atoms with E-state index in [1.54, 1.807) is 12.1 Å². The minimum absolute atomic E-state index is 0.0604. The van der Waals surface area contributed by atoms with Crippen molar-refractivity contribution in [3.05, 3.63) is 93.5 Å². The van der Waals surface area contributed by atoms with Crippen molar-refractivity contribution in [1.82, 2.24) is 0 Å². The zero-order chi connectivity index (χ0) is 20.8. The maximum absolute atomic E-state index is 12.2. The van der Waals surface area contributed by atoms with Crippen molar-refractivity contribution >= 4 is 34.9 Å². The molecule has 29 heavy (non-hydrogen) atoms. The molecule has 146 valence electrons. The summed E-state index contributed by atoms with van der Waals surface area (Å²) in [4.78, 5) is 34.5. The molecule has 0 aliphatic heterocycles. The number of hydrogen-bond donors (Lipinski definition) is 1. The maximum Gasteiger partial charge on any atom is 0.340 e. The van der Waals surface area contributed by atoms with Crippen molar-refractivity contribution in [2.75, 3.05) is 11.9 Å². The normalized spacial score (nSPS) is 10.2. The monoisotopic (exact) mass is 410 g/mol. The van der Waals surface area contributed by atoms with Gasteiger partial charge in [0.25, 0.3) is 11.6 Å². The molecule has 7 nitrogen and oxygen atoms in total. The topological polar surface area (TPSA) is 98.5 Å². The first-order valence-electron chi connectivity index (χ1n) is 8.51. The van der Waals surface area contributed by atoms with Gasteiger partial charge in [-0.1, -0.05) is 60.1 Å². The number of benzene rings is 3. The van der Waals surface area contributed by atoms with E-state index in [-0.39, 0.29) is 16.3 Å². The number of non-ortho nitro benzene ring substituents is 1. The van der Waals surface area contributed by atoms with Gasteiger partial charge < -0.3 is 10.1 Å². The fourth-order valence-corrected chi connectivity index (χ4v) is 2.89. The molecule has 0 saturated heterocycles. The summed E-state index contributed by atoms with van der Waals surface area (Å²) in [5.41, 5.74) is 2.02. The third kappa shape index (κ3) is 4.97. The summed E-state index contributed by atoms with van der Waals surface area (Å²) in [5, 5.41) is 13.3. The number of nitrogens with one attached hydrogen (secondary N) is 1. The average Bonchev–Trinajstić information content (AvgIpc) is 2.73. The van der Waals surface area contributed by atoms with Crippen molar-refractivity contribution < 1.29 is 19.2 Å². The number of nitrogens with zero attached hydrogens (tertiary/aromatic N) is 1. The number of anilines is 1. The molecule has 0 aromatic heterocycles. The maximum atomic E-state index is 12.2. The van der Waals surface area contributed by atoms with Crippen LogP contribution in [-0.2, 0) is 9.53 Å². The lowest BCUT2D eigenvalue weighted by molar-refractivity contribution is -0.384. The molecule has 1 amide bonds. The molecule has 0 unspecified atom stereocenters. The molecular formula is C21H15ClN2O5. The predicted octanol–water partition coefficient (Wildman–Crippen LogP) is 4.71. The van der Waals surface area contributed by atoms with Crippen molar-refractivity contribution in [2.24, 2.45) is 0 Å². The molecule has 0 bridgehead atoms. The van der Waals surface area contributed by atoms with Crippen LogP contribution in [0.4, 0.5) is 11.4 Å². The lowest BCUT2D eigenvalue weighted by Gasteiger charge is -2.12. The van der Waals surface area contributed by atoms with E-state index in [9.17, 15) is 19.7 Å². The van der Waals surface area contributed by atoms with E-state index in [1.807, 2.05) is 42.5 Å². The highest BCUT2D eigenvalue weighted by Crippen LogP contribution is 2.27. The van der Waals surface area contributed by atoms with Crippen molar-refractivity contribution in [3.63, 3.8) is 0 Å². The lowest BCUT2D eigenvalue weighted by Crippen LogP contribution is -2.21. The van der Waals surface area contributed by atoms with Crippen LogP contribution in [-0.4, -0.2) is 23.4 Å². The zero-order valence-corrected chi connectivity index (χ0v) is 15.8. The Kier molecular flexibility index (Phi) is 6.21. The third-order valence-electron chi connectivity index (χ3n) is 4.00. The summed E-state index contributed by atoms with van der Waals surface area (Å²) in [7, 11) is 0. The third-order valence-corrected chi connectivity index (χ3v) is 4.32. The number of nitro benzene ring substituents is 1. The molecule has 0 aliphatic carbocycles. The average molecular weight is 411 g/mol. The van der Waals surface area contributed by atoms with E-state index in [4.69, 9.17) is 16.3 Å². The van der Waals surface area contributed by atoms with Crippen molar-refractivity contribution in [2.45, 2.75) is 0 Å². The molecule has 0 radical (unpaired) electrons. The number of rotatable bonds is 6. The van der Waals surface area contributed by atoms with Crippen LogP contribution in [0.2, 0.25) is 5.02 Å². The number of ether oxygens (including phenoxy) is 1. The van der Waals surface area contributed by atoms with Crippen molar-refractivity contribution in [3.8, 4) is 11.1 Å². The summed E-state index contributed by atoms with van der Waals surface area (Å²) < 4.78 is 4.98. The molecule has 8 heteroatoms. The van der Waals surface area contributed by atoms with Crippen molar-refractivity contribution in [1.29, 1.82) is 0 Å². The molecule has 0 aliphatic rings. The zero-order valence-electron chi connectivity index (χ0n) is 15.0. The van der Waals surface area contributed by atoms with E-state index in [1.165, 1.54) is 6.07 Å². The van der Waals surface area contributed by atoms with Gasteiger partial charge in [0.1, 0.15) is 0 Å². The highest BCUT2D eigenvalue weighted by molar-refractivity contribution is 6.33. The van der Waals surface area contributed by atoms with E-state index >= 15 is 0 Å². The van der Waals surface area contributed by atoms with Crippen LogP contribution in [0.1, 0.15) is 10.4 Å². The number of nitro groups is 1. The summed E-state index contributed by atoms with van der Waals surface area (Å²) >= 11 is 5.90. The van der Waals surface area contributed by atoms with Gasteiger partial charge in [0.05, 0.1) is 15.5 Å². The smallest absolute Gasteiger partial charge is 0.340 e. The Labute approximate surface area is 171 Å². The number of esters is 1. The Morgan fingerprint density at radius 3 is 2.38 bits per heavy atom. The van der Waals surface area contributed by atoms with E-state index in [0.29, 0.717) is 5.69 Å². The SMILES string of the molecule is O=C(COC(=O)c1ccc([N+](=O)[O-])cc1Cl)Nc1ccccc1-c1ccccc1. The number of para-hydroxylation sites is 1. The number of carbonyl (C=O) groups excluding carboxylic acids is 2. The van der Waals surface area contributed by atoms with Gasteiger partial charge in [-0.25, -0.2) is 4.79 Å². The Balaban J connectivity index is 1.65. The van der Waals surface area contributed by atoms with Gasteiger partial charge in [-0.15, -0.1) is 0 Å². The molecule has 0 fully saturated rings. The van der Waals surface area contributed by atoms with Crippen LogP contribution in [0.5, 0.6) is 0 Å². The molecule has 1 N–H and O–H groups in total. The van der Waals surface area contributed by atoms with Crippen LogP contribution in [0.25, 0.3) is 11.1 Å². The summed E-state index contributed by atoms with van der Waals surface area (Å²) in [6.07, 6.45) is 0. The molecule has 0 spiro atoms. The van der Waals surface area contributed by atoms with Crippen LogP contribution >= 0.6 is 11.6 Å². The lowest BCUT2D eigenvalue weighted by atomic mass is 10.0. The first-order chi connectivity index (χ1) is 14.0. The summed E-state index contributed by atoms with van der Waals surface area (Å²) in [5.74, 6) is -1.38. The van der Waals surface area contributed by atoms with E-state index < -0.39 is 23.4 Å². The predicted molar refractivity (Wildman–Crippen MR) is 109 cm³/mol. The van der Waals surface area contributed by atoms with Gasteiger partial charge in [0, 0.05) is 23.4 Å². The quantitative estimate of drug-likeness (QED) is 0.360. The molecular weight excluding hydrogens is 396 g/mol. The van der Waals surface area contributed by atoms with Gasteiger partial charge in [-0.3, -0.25) is 14.9 Å². The molecule has 3 aromatic rings. The molecule has 3 aromatic carbocycles. The van der Waals surface area contributed by atoms with Gasteiger partial charge >= 0.3 is 5.97 Å². The van der Waals surface area contributed by atoms with Crippen LogP contribution in [0.3, 0.4) is 0 Å². The van der Waals surface area contributed by atoms with E-state index in [0.717, 1.165) is 23.3 Å². The second kappa shape index (κ2) is 8.99. The van der Waals surface area contributed by atoms with Crippen LogP contribution in [0, 0.1) is 10.1 Å². The first kappa shape index (κ1) is 20.0. The van der Waals surface area contributed by atoms with Gasteiger partial charge in [0.15, 0.2) is 6.61 Å². The van der Waals surface area contributed by atoms with Gasteiger partial charge in [0.2, 0.25) is 0 Å². The summed E-state index contributed by atoms with van der Waals surface area (Å²) in [6, 6.07) is 20.1. The molecule has 3 rings (SSSR count). The molecule has 0 atom stereocenters. The minimum Gasteiger partial charge on any atom is -0.452 e. The Bertz CT molecular complexity index is 1070. The second-order valence-corrected chi connectivity index (χ2v) is 6.36. The fourth-order valence-electron chi connectivity index (χ4n) is 2.64. The minimum atomic E-state index is -0.851. The standard InChI is InChI=1S/C21H15ClN2O5/c22-18-12-15(24(27)28)10-11-17(18)21(26)29-13-20(25)23-19-9-5-4-8-16(19)14-6-2-1-3-7-14/h1-12H,13H2,(H,23,25). The fraction of sp³-hybridized carbons (Fsp3) is 0.0476. The summed E-state index contributed by atoms with van der Waals surface area (Å²) in [6.45, 7) is -0.532.